The molecule has 11 heteroatoms. The van der Waals surface area contributed by atoms with Crippen molar-refractivity contribution in [3.8, 4) is 5.75 Å². The van der Waals surface area contributed by atoms with E-state index in [2.05, 4.69) is 32.6 Å². The van der Waals surface area contributed by atoms with Gasteiger partial charge < -0.3 is 14.8 Å². The minimum absolute atomic E-state index is 0.0155. The number of sulfonamides is 1. The maximum absolute atomic E-state index is 13.1. The van der Waals surface area contributed by atoms with Gasteiger partial charge in [0, 0.05) is 9.26 Å². The lowest BCUT2D eigenvalue weighted by Crippen LogP contribution is -2.47. The van der Waals surface area contributed by atoms with Crippen molar-refractivity contribution in [2.45, 2.75) is 24.3 Å². The number of carbonyl (C=O) groups is 2. The maximum atomic E-state index is 13.1. The van der Waals surface area contributed by atoms with Crippen LogP contribution in [0, 0.1) is 3.57 Å². The number of halogens is 2. The van der Waals surface area contributed by atoms with Crippen molar-refractivity contribution in [1.82, 2.24) is 4.72 Å². The fraction of sp³-hybridized carbons (Fsp3) is 0.200. The van der Waals surface area contributed by atoms with Crippen molar-refractivity contribution in [2.75, 3.05) is 18.5 Å². The molecule has 190 valence electrons. The number of anilines is 1. The molecule has 0 aliphatic carbocycles. The Morgan fingerprint density at radius 1 is 1.00 bits per heavy atom. The monoisotopic (exact) mass is 642 g/mol. The molecule has 0 spiro atoms. The molecule has 3 aromatic rings. The lowest BCUT2D eigenvalue weighted by atomic mass is 10.1. The molecule has 36 heavy (non-hydrogen) atoms. The number of carbonyl (C=O) groups excluding carboxylic acids is 2. The molecule has 0 unspecified atom stereocenters. The molecule has 2 N–H and O–H groups in total. The summed E-state index contributed by atoms with van der Waals surface area (Å²) in [5.74, 6) is -0.667. The van der Waals surface area contributed by atoms with Crippen LogP contribution >= 0.6 is 34.2 Å². The third-order valence-corrected chi connectivity index (χ3v) is 7.37. The zero-order valence-corrected chi connectivity index (χ0v) is 23.0. The van der Waals surface area contributed by atoms with Crippen LogP contribution < -0.4 is 14.8 Å². The topological polar surface area (TPSA) is 111 Å². The standard InChI is InChI=1S/C25H24ClIN2O6S/c1-2-34-24(30)15-17-7-11-19(12-8-17)28-25(31)22(16-35-23-6-4-3-5-21(23)26)29-36(32,33)20-13-9-18(27)10-14-20/h3-14,22,29H,2,15-16H2,1H3,(H,28,31)/t22-/m0/s1. The number of ether oxygens (including phenoxy) is 2. The van der Waals surface area contributed by atoms with E-state index >= 15 is 0 Å². The van der Waals surface area contributed by atoms with Gasteiger partial charge in [-0.05, 0) is 83.6 Å². The molecular weight excluding hydrogens is 619 g/mol. The molecule has 0 radical (unpaired) electrons. The fourth-order valence-corrected chi connectivity index (χ4v) is 4.81. The summed E-state index contributed by atoms with van der Waals surface area (Å²) in [6.07, 6.45) is 0.103. The van der Waals surface area contributed by atoms with Gasteiger partial charge in [-0.1, -0.05) is 35.9 Å². The Labute approximate surface area is 228 Å². The molecule has 0 aromatic heterocycles. The number of nitrogens with one attached hydrogen (secondary N) is 2. The number of hydrogen-bond acceptors (Lipinski definition) is 6. The number of amides is 1. The second-order valence-corrected chi connectivity index (χ2v) is 10.9. The molecular formula is C25H24ClIN2O6S. The van der Waals surface area contributed by atoms with Gasteiger partial charge >= 0.3 is 5.97 Å². The highest BCUT2D eigenvalue weighted by atomic mass is 127. The highest BCUT2D eigenvalue weighted by Gasteiger charge is 2.27. The van der Waals surface area contributed by atoms with Crippen molar-refractivity contribution in [3.63, 3.8) is 0 Å². The molecule has 0 aliphatic rings. The van der Waals surface area contributed by atoms with Gasteiger partial charge in [0.1, 0.15) is 18.4 Å². The first-order valence-corrected chi connectivity index (χ1v) is 13.8. The van der Waals surface area contributed by atoms with E-state index in [0.717, 1.165) is 3.57 Å². The predicted molar refractivity (Wildman–Crippen MR) is 146 cm³/mol. The molecule has 0 bridgehead atoms. The molecule has 8 nitrogen and oxygen atoms in total. The van der Waals surface area contributed by atoms with E-state index in [1.165, 1.54) is 12.1 Å². The van der Waals surface area contributed by atoms with Crippen LogP contribution in [0.25, 0.3) is 0 Å². The largest absolute Gasteiger partial charge is 0.490 e. The van der Waals surface area contributed by atoms with Crippen molar-refractivity contribution in [3.05, 3.63) is 87.0 Å². The highest BCUT2D eigenvalue weighted by molar-refractivity contribution is 14.1. The molecule has 0 saturated carbocycles. The van der Waals surface area contributed by atoms with Crippen LogP contribution in [0.2, 0.25) is 5.02 Å². The van der Waals surface area contributed by atoms with E-state index in [4.69, 9.17) is 21.1 Å². The Hall–Kier alpha value is -2.67. The Kier molecular flexibility index (Phi) is 10.1. The first-order chi connectivity index (χ1) is 17.2. The van der Waals surface area contributed by atoms with Crippen molar-refractivity contribution in [1.29, 1.82) is 0 Å². The van der Waals surface area contributed by atoms with E-state index in [1.807, 2.05) is 0 Å². The van der Waals surface area contributed by atoms with Gasteiger partial charge in [-0.3, -0.25) is 9.59 Å². The molecule has 1 atom stereocenters. The summed E-state index contributed by atoms with van der Waals surface area (Å²) >= 11 is 8.20. The lowest BCUT2D eigenvalue weighted by molar-refractivity contribution is -0.142. The fourth-order valence-electron chi connectivity index (χ4n) is 3.08. The molecule has 0 fully saturated rings. The summed E-state index contributed by atoms with van der Waals surface area (Å²) in [5, 5.41) is 3.01. The van der Waals surface area contributed by atoms with Crippen LogP contribution in [-0.2, 0) is 30.8 Å². The SMILES string of the molecule is CCOC(=O)Cc1ccc(NC(=O)[C@H](COc2ccccc2Cl)NS(=O)(=O)c2ccc(I)cc2)cc1. The predicted octanol–water partition coefficient (Wildman–Crippen LogP) is 4.41. The van der Waals surface area contributed by atoms with E-state index < -0.39 is 22.0 Å². The van der Waals surface area contributed by atoms with Gasteiger partial charge in [0.05, 0.1) is 22.9 Å². The number of hydrogen-bond donors (Lipinski definition) is 2. The van der Waals surface area contributed by atoms with Gasteiger partial charge in [-0.2, -0.15) is 4.72 Å². The minimum atomic E-state index is -4.03. The zero-order valence-electron chi connectivity index (χ0n) is 19.2. The smallest absolute Gasteiger partial charge is 0.310 e. The quantitative estimate of drug-likeness (QED) is 0.237. The van der Waals surface area contributed by atoms with Crippen molar-refractivity contribution in [2.24, 2.45) is 0 Å². The van der Waals surface area contributed by atoms with Gasteiger partial charge in [0.15, 0.2) is 0 Å². The summed E-state index contributed by atoms with van der Waals surface area (Å²) in [7, 11) is -4.03. The van der Waals surface area contributed by atoms with E-state index in [-0.39, 0.29) is 23.9 Å². The van der Waals surface area contributed by atoms with Crippen LogP contribution in [0.4, 0.5) is 5.69 Å². The van der Waals surface area contributed by atoms with Gasteiger partial charge in [0.25, 0.3) is 0 Å². The second-order valence-electron chi connectivity index (χ2n) is 7.54. The average Bonchev–Trinajstić information content (AvgIpc) is 2.84. The van der Waals surface area contributed by atoms with Crippen molar-refractivity contribution < 1.29 is 27.5 Å². The summed E-state index contributed by atoms with van der Waals surface area (Å²) in [4.78, 5) is 24.8. The van der Waals surface area contributed by atoms with Gasteiger partial charge in [0.2, 0.25) is 15.9 Å². The van der Waals surface area contributed by atoms with Crippen LogP contribution in [0.15, 0.2) is 77.7 Å². The molecule has 3 aromatic carbocycles. The Morgan fingerprint density at radius 2 is 1.67 bits per heavy atom. The number of rotatable bonds is 11. The van der Waals surface area contributed by atoms with Gasteiger partial charge in [-0.25, -0.2) is 8.42 Å². The maximum Gasteiger partial charge on any atom is 0.310 e. The molecule has 1 amide bonds. The Morgan fingerprint density at radius 3 is 2.31 bits per heavy atom. The summed E-state index contributed by atoms with van der Waals surface area (Å²) < 4.78 is 39.8. The summed E-state index contributed by atoms with van der Waals surface area (Å²) in [5.41, 5.74) is 1.13. The molecule has 0 heterocycles. The molecule has 0 aliphatic heterocycles. The van der Waals surface area contributed by atoms with E-state index in [0.29, 0.717) is 28.6 Å². The first kappa shape index (κ1) is 27.9. The normalized spacial score (nSPS) is 12.0. The third-order valence-electron chi connectivity index (χ3n) is 4.86. The summed E-state index contributed by atoms with van der Waals surface area (Å²) in [6, 6.07) is 18.2. The minimum Gasteiger partial charge on any atom is -0.490 e. The number of benzene rings is 3. The lowest BCUT2D eigenvalue weighted by Gasteiger charge is -2.20. The van der Waals surface area contributed by atoms with Crippen LogP contribution in [0.5, 0.6) is 5.75 Å². The van der Waals surface area contributed by atoms with Crippen molar-refractivity contribution >= 4 is 61.8 Å². The van der Waals surface area contributed by atoms with Crippen LogP contribution in [0.1, 0.15) is 12.5 Å². The number of para-hydroxylation sites is 1. The van der Waals surface area contributed by atoms with Gasteiger partial charge in [-0.15, -0.1) is 0 Å². The first-order valence-electron chi connectivity index (χ1n) is 10.9. The van der Waals surface area contributed by atoms with Crippen LogP contribution in [0.3, 0.4) is 0 Å². The molecule has 3 rings (SSSR count). The van der Waals surface area contributed by atoms with E-state index in [9.17, 15) is 18.0 Å². The Balaban J connectivity index is 1.76. The third kappa shape index (κ3) is 8.19. The molecule has 0 saturated heterocycles. The highest BCUT2D eigenvalue weighted by Crippen LogP contribution is 2.23. The number of esters is 1. The Bertz CT molecular complexity index is 1300. The van der Waals surface area contributed by atoms with E-state index in [1.54, 1.807) is 67.6 Å². The zero-order chi connectivity index (χ0) is 26.1. The summed E-state index contributed by atoms with van der Waals surface area (Å²) in [6.45, 7) is 1.72. The second kappa shape index (κ2) is 13.0. The van der Waals surface area contributed by atoms with Crippen LogP contribution in [-0.4, -0.2) is 39.5 Å². The average molecular weight is 643 g/mol.